The Kier molecular flexibility index (Phi) is 2.00. The van der Waals surface area contributed by atoms with Crippen molar-refractivity contribution < 1.29 is 37.5 Å². The van der Waals surface area contributed by atoms with Crippen molar-refractivity contribution in [1.29, 1.82) is 0 Å². The van der Waals surface area contributed by atoms with Gasteiger partial charge in [0.1, 0.15) is 0 Å². The van der Waals surface area contributed by atoms with Crippen molar-refractivity contribution >= 4 is 19.7 Å². The maximum absolute atomic E-state index is 11.5. The fourth-order valence-electron chi connectivity index (χ4n) is 0.219. The van der Waals surface area contributed by atoms with Gasteiger partial charge in [-0.3, -0.25) is 0 Å². The lowest BCUT2D eigenvalue weighted by Gasteiger charge is -2.47. The summed E-state index contributed by atoms with van der Waals surface area (Å²) in [6.45, 7) is 0. The first-order valence-electron chi connectivity index (χ1n) is 2.17. The topological polar surface area (TPSA) is 0 Å². The standard InChI is InChI=1S/C2ClF9S/c3-13(9,10,11,12)2(7,8)1(4,5)6. The van der Waals surface area contributed by atoms with E-state index in [4.69, 9.17) is 0 Å². The monoisotopic (exact) mass is 262 g/mol. The van der Waals surface area contributed by atoms with Crippen LogP contribution in [-0.2, 0) is 0 Å². The summed E-state index contributed by atoms with van der Waals surface area (Å²) >= 11 is 0. The van der Waals surface area contributed by atoms with Gasteiger partial charge in [-0.25, -0.2) is 0 Å². The summed E-state index contributed by atoms with van der Waals surface area (Å²) in [5.41, 5.74) is 0. The van der Waals surface area contributed by atoms with E-state index in [1.807, 2.05) is 0 Å². The normalized spacial score (nSPS) is 20.8. The van der Waals surface area contributed by atoms with Gasteiger partial charge in [-0.15, -0.1) is 15.5 Å². The lowest BCUT2D eigenvalue weighted by Crippen LogP contribution is -2.45. The Balaban J connectivity index is 5.60. The van der Waals surface area contributed by atoms with Gasteiger partial charge in [-0.1, -0.05) is 0 Å². The van der Waals surface area contributed by atoms with E-state index < -0.39 is 20.5 Å². The SMILES string of the molecule is FC(F)(F)C(F)(F)S(F)(F)(F)(F)Cl. The molecular formula is C2ClF9S. The predicted molar refractivity (Wildman–Crippen MR) is 28.9 cm³/mol. The Morgan fingerprint density at radius 1 is 0.769 bits per heavy atom. The zero-order valence-corrected chi connectivity index (χ0v) is 6.76. The number of alkyl halides is 5. The highest BCUT2D eigenvalue weighted by atomic mass is 35.7. The van der Waals surface area contributed by atoms with Crippen LogP contribution in [0, 0.1) is 0 Å². The third-order valence-electron chi connectivity index (χ3n) is 0.814. The van der Waals surface area contributed by atoms with Gasteiger partial charge in [-0.2, -0.15) is 22.0 Å². The molecule has 0 aromatic rings. The molecule has 0 atom stereocenters. The van der Waals surface area contributed by atoms with Gasteiger partial charge in [0.05, 0.1) is 0 Å². The van der Waals surface area contributed by atoms with Crippen molar-refractivity contribution in [3.63, 3.8) is 0 Å². The van der Waals surface area contributed by atoms with E-state index in [9.17, 15) is 37.5 Å². The Labute approximate surface area is 69.6 Å². The molecule has 0 saturated carbocycles. The summed E-state index contributed by atoms with van der Waals surface area (Å²) in [6.07, 6.45) is -7.11. The van der Waals surface area contributed by atoms with Crippen LogP contribution in [0.5, 0.6) is 0 Å². The van der Waals surface area contributed by atoms with Crippen molar-refractivity contribution in [3.05, 3.63) is 0 Å². The Morgan fingerprint density at radius 2 is 1.00 bits per heavy atom. The van der Waals surface area contributed by atoms with Crippen molar-refractivity contribution in [2.24, 2.45) is 0 Å². The predicted octanol–water partition coefficient (Wildman–Crippen LogP) is 4.71. The molecule has 0 N–H and O–H groups in total. The first-order chi connectivity index (χ1) is 5.00. The second kappa shape index (κ2) is 2.00. The van der Waals surface area contributed by atoms with Crippen LogP contribution in [0.3, 0.4) is 0 Å². The van der Waals surface area contributed by atoms with Crippen LogP contribution in [0.25, 0.3) is 0 Å². The number of rotatable bonds is 1. The number of hydrogen-bond acceptors (Lipinski definition) is 0. The van der Waals surface area contributed by atoms with E-state index in [1.165, 1.54) is 0 Å². The minimum Gasteiger partial charge on any atom is -0.176 e. The lowest BCUT2D eigenvalue weighted by atomic mass is 10.7. The highest BCUT2D eigenvalue weighted by molar-refractivity contribution is 8.66. The molecule has 0 unspecified atom stereocenters. The van der Waals surface area contributed by atoms with Crippen LogP contribution < -0.4 is 0 Å². The fraction of sp³-hybridized carbons (Fsp3) is 1.00. The molecular weight excluding hydrogens is 263 g/mol. The van der Waals surface area contributed by atoms with Gasteiger partial charge in [0, 0.05) is 10.7 Å². The zero-order valence-electron chi connectivity index (χ0n) is 5.19. The van der Waals surface area contributed by atoms with Gasteiger partial charge in [0.2, 0.25) is 0 Å². The summed E-state index contributed by atoms with van der Waals surface area (Å²) < 4.78 is 102. The van der Waals surface area contributed by atoms with Crippen molar-refractivity contribution in [1.82, 2.24) is 0 Å². The summed E-state index contributed by atoms with van der Waals surface area (Å²) in [7, 11) is -8.11. The highest BCUT2D eigenvalue weighted by Gasteiger charge is 2.90. The molecule has 0 saturated heterocycles. The average molecular weight is 263 g/mol. The molecule has 13 heavy (non-hydrogen) atoms. The van der Waals surface area contributed by atoms with E-state index in [0.717, 1.165) is 0 Å². The van der Waals surface area contributed by atoms with E-state index >= 15 is 0 Å². The summed E-state index contributed by atoms with van der Waals surface area (Å²) in [6, 6.07) is 0. The smallest absolute Gasteiger partial charge is 0.176 e. The highest BCUT2D eigenvalue weighted by Crippen LogP contribution is 3.07. The molecule has 0 aliphatic carbocycles. The molecule has 0 heterocycles. The minimum absolute atomic E-state index is 2.80. The molecule has 0 rings (SSSR count). The Hall–Kier alpha value is 0.01000. The summed E-state index contributed by atoms with van der Waals surface area (Å²) in [4.78, 5) is 0. The maximum atomic E-state index is 11.5. The first-order valence-corrected chi connectivity index (χ1v) is 5.05. The summed E-state index contributed by atoms with van der Waals surface area (Å²) in [5, 5.41) is -7.53. The van der Waals surface area contributed by atoms with E-state index in [1.54, 1.807) is 0 Å². The molecule has 0 aromatic carbocycles. The number of hydrogen-bond donors (Lipinski definition) is 0. The number of halogens is 10. The van der Waals surface area contributed by atoms with Crippen LogP contribution in [0.15, 0.2) is 0 Å². The molecule has 0 fully saturated rings. The largest absolute Gasteiger partial charge is 0.472 e. The van der Waals surface area contributed by atoms with Gasteiger partial charge in [0.25, 0.3) is 9.05 Å². The molecule has 11 heteroatoms. The quantitative estimate of drug-likeness (QED) is 0.600. The molecule has 0 spiro atoms. The third kappa shape index (κ3) is 2.09. The van der Waals surface area contributed by atoms with Crippen LogP contribution in [0.4, 0.5) is 37.5 Å². The molecule has 84 valence electrons. The molecule has 0 aliphatic heterocycles. The van der Waals surface area contributed by atoms with E-state index in [-0.39, 0.29) is 0 Å². The second-order valence-corrected chi connectivity index (χ2v) is 6.30. The average Bonchev–Trinajstić information content (AvgIpc) is 1.52. The van der Waals surface area contributed by atoms with Gasteiger partial charge in [0.15, 0.2) is 0 Å². The van der Waals surface area contributed by atoms with Crippen LogP contribution in [-0.4, -0.2) is 11.4 Å². The Morgan fingerprint density at radius 3 is 1.00 bits per heavy atom. The fourth-order valence-corrected chi connectivity index (χ4v) is 0.919. The van der Waals surface area contributed by atoms with Crippen LogP contribution >= 0.6 is 19.7 Å². The zero-order chi connectivity index (χ0) is 11.4. The van der Waals surface area contributed by atoms with Gasteiger partial charge < -0.3 is 0 Å². The Bertz CT molecular complexity index is 216. The maximum Gasteiger partial charge on any atom is 0.472 e. The van der Waals surface area contributed by atoms with Crippen molar-refractivity contribution in [2.75, 3.05) is 0 Å². The van der Waals surface area contributed by atoms with Crippen molar-refractivity contribution in [2.45, 2.75) is 11.4 Å². The minimum atomic E-state index is -10.9. The third-order valence-corrected chi connectivity index (χ3v) is 2.60. The van der Waals surface area contributed by atoms with Crippen molar-refractivity contribution in [3.8, 4) is 0 Å². The van der Waals surface area contributed by atoms with Crippen LogP contribution in [0.2, 0.25) is 0 Å². The lowest BCUT2D eigenvalue weighted by molar-refractivity contribution is -0.248. The summed E-state index contributed by atoms with van der Waals surface area (Å²) in [5.74, 6) is 0. The molecule has 0 nitrogen and oxygen atoms in total. The molecule has 0 bridgehead atoms. The first kappa shape index (κ1) is 13.0. The van der Waals surface area contributed by atoms with Gasteiger partial charge >= 0.3 is 11.4 Å². The molecule has 0 aromatic heterocycles. The molecule has 0 aliphatic rings. The molecule has 0 amide bonds. The van der Waals surface area contributed by atoms with E-state index in [0.29, 0.717) is 0 Å². The van der Waals surface area contributed by atoms with Gasteiger partial charge in [-0.05, 0) is 0 Å². The van der Waals surface area contributed by atoms with E-state index in [2.05, 4.69) is 10.7 Å². The molecule has 0 radical (unpaired) electrons. The second-order valence-electron chi connectivity index (χ2n) is 1.98. The van der Waals surface area contributed by atoms with Crippen LogP contribution in [0.1, 0.15) is 0 Å².